The highest BCUT2D eigenvalue weighted by molar-refractivity contribution is 7.89. The molecule has 0 saturated carbocycles. The normalized spacial score (nSPS) is 19.4. The minimum atomic E-state index is -3.72. The summed E-state index contributed by atoms with van der Waals surface area (Å²) in [6.45, 7) is 3.88. The maximum Gasteiger partial charge on any atom is 0.243 e. The Morgan fingerprint density at radius 3 is 2.45 bits per heavy atom. The summed E-state index contributed by atoms with van der Waals surface area (Å²) in [5, 5.41) is 2.64. The van der Waals surface area contributed by atoms with E-state index < -0.39 is 15.8 Å². The highest BCUT2D eigenvalue weighted by Gasteiger charge is 2.34. The van der Waals surface area contributed by atoms with Crippen molar-refractivity contribution in [3.63, 3.8) is 0 Å². The van der Waals surface area contributed by atoms with Crippen molar-refractivity contribution in [2.24, 2.45) is 5.92 Å². The SMILES string of the molecule is CC(=O)N1c2ccc(S(=O)(=O)N3CCC(C(=O)Nc4ccc(F)c(Cl)c4)CC3)cc2CC1C. The van der Waals surface area contributed by atoms with Crippen LogP contribution in [0.2, 0.25) is 5.02 Å². The summed E-state index contributed by atoms with van der Waals surface area (Å²) in [4.78, 5) is 26.4. The maximum atomic E-state index is 13.3. The van der Waals surface area contributed by atoms with Crippen LogP contribution in [0.25, 0.3) is 0 Å². The number of hydrogen-bond acceptors (Lipinski definition) is 4. The lowest BCUT2D eigenvalue weighted by molar-refractivity contribution is -0.121. The van der Waals surface area contributed by atoms with Crippen molar-refractivity contribution in [2.75, 3.05) is 23.3 Å². The Bertz CT molecular complexity index is 1210. The monoisotopic (exact) mass is 493 g/mol. The predicted octanol–water partition coefficient (Wildman–Crippen LogP) is 3.82. The third kappa shape index (κ3) is 4.62. The van der Waals surface area contributed by atoms with Gasteiger partial charge in [0.25, 0.3) is 0 Å². The molecule has 0 spiro atoms. The fraction of sp³-hybridized carbons (Fsp3) is 0.391. The number of fused-ring (bicyclic) bond motifs is 1. The molecule has 4 rings (SSSR count). The zero-order chi connectivity index (χ0) is 23.9. The molecule has 0 bridgehead atoms. The zero-order valence-corrected chi connectivity index (χ0v) is 19.9. The molecule has 1 fully saturated rings. The Morgan fingerprint density at radius 2 is 1.82 bits per heavy atom. The van der Waals surface area contributed by atoms with Gasteiger partial charge in [0.1, 0.15) is 5.82 Å². The fourth-order valence-corrected chi connectivity index (χ4v) is 6.27. The first kappa shape index (κ1) is 23.7. The van der Waals surface area contributed by atoms with Crippen LogP contribution in [-0.2, 0) is 26.0 Å². The first-order valence-electron chi connectivity index (χ1n) is 10.8. The van der Waals surface area contributed by atoms with E-state index in [4.69, 9.17) is 11.6 Å². The molecule has 33 heavy (non-hydrogen) atoms. The number of anilines is 2. The van der Waals surface area contributed by atoms with E-state index in [-0.39, 0.29) is 46.8 Å². The molecule has 2 amide bonds. The van der Waals surface area contributed by atoms with Gasteiger partial charge in [-0.3, -0.25) is 9.59 Å². The van der Waals surface area contributed by atoms with Gasteiger partial charge in [0.15, 0.2) is 0 Å². The molecular formula is C23H25ClFN3O4S. The molecule has 1 atom stereocenters. The lowest BCUT2D eigenvalue weighted by Gasteiger charge is -2.30. The summed E-state index contributed by atoms with van der Waals surface area (Å²) in [7, 11) is -3.72. The first-order chi connectivity index (χ1) is 15.6. The molecule has 2 aliphatic rings. The van der Waals surface area contributed by atoms with Crippen LogP contribution >= 0.6 is 11.6 Å². The molecule has 2 aromatic carbocycles. The number of amides is 2. The molecule has 0 aromatic heterocycles. The Kier molecular flexibility index (Phi) is 6.48. The highest BCUT2D eigenvalue weighted by Crippen LogP contribution is 2.35. The number of benzene rings is 2. The van der Waals surface area contributed by atoms with Crippen molar-refractivity contribution in [2.45, 2.75) is 44.0 Å². The molecule has 1 N–H and O–H groups in total. The summed E-state index contributed by atoms with van der Waals surface area (Å²) >= 11 is 5.76. The number of hydrogen-bond donors (Lipinski definition) is 1. The predicted molar refractivity (Wildman–Crippen MR) is 124 cm³/mol. The highest BCUT2D eigenvalue weighted by atomic mass is 35.5. The molecule has 1 unspecified atom stereocenters. The Morgan fingerprint density at radius 1 is 1.12 bits per heavy atom. The van der Waals surface area contributed by atoms with E-state index in [1.165, 1.54) is 29.4 Å². The second-order valence-electron chi connectivity index (χ2n) is 8.53. The molecule has 0 radical (unpaired) electrons. The second-order valence-corrected chi connectivity index (χ2v) is 10.9. The molecule has 176 valence electrons. The summed E-state index contributed by atoms with van der Waals surface area (Å²) in [6.07, 6.45) is 1.36. The average molecular weight is 494 g/mol. The van der Waals surface area contributed by atoms with Gasteiger partial charge in [-0.15, -0.1) is 0 Å². The van der Waals surface area contributed by atoms with Crippen LogP contribution in [0.15, 0.2) is 41.3 Å². The van der Waals surface area contributed by atoms with Crippen LogP contribution in [0.5, 0.6) is 0 Å². The second kappa shape index (κ2) is 9.04. The number of nitrogens with zero attached hydrogens (tertiary/aromatic N) is 2. The third-order valence-corrected chi connectivity index (χ3v) is 8.44. The van der Waals surface area contributed by atoms with Gasteiger partial charge in [-0.05, 0) is 68.1 Å². The summed E-state index contributed by atoms with van der Waals surface area (Å²) in [5.41, 5.74) is 1.99. The van der Waals surface area contributed by atoms with Crippen molar-refractivity contribution in [1.29, 1.82) is 0 Å². The van der Waals surface area contributed by atoms with E-state index in [0.717, 1.165) is 11.3 Å². The quantitative estimate of drug-likeness (QED) is 0.701. The van der Waals surface area contributed by atoms with Crippen LogP contribution in [0.3, 0.4) is 0 Å². The molecule has 2 aromatic rings. The number of nitrogens with one attached hydrogen (secondary N) is 1. The van der Waals surface area contributed by atoms with Crippen molar-refractivity contribution in [3.05, 3.63) is 52.8 Å². The largest absolute Gasteiger partial charge is 0.326 e. The summed E-state index contributed by atoms with van der Waals surface area (Å²) in [6, 6.07) is 8.83. The molecular weight excluding hydrogens is 469 g/mol. The van der Waals surface area contributed by atoms with Gasteiger partial charge in [-0.1, -0.05) is 11.6 Å². The number of carbonyl (C=O) groups excluding carboxylic acids is 2. The van der Waals surface area contributed by atoms with Gasteiger partial charge in [-0.25, -0.2) is 12.8 Å². The number of carbonyl (C=O) groups is 2. The Balaban J connectivity index is 1.42. The van der Waals surface area contributed by atoms with E-state index in [9.17, 15) is 22.4 Å². The van der Waals surface area contributed by atoms with E-state index >= 15 is 0 Å². The van der Waals surface area contributed by atoms with E-state index in [0.29, 0.717) is 24.9 Å². The van der Waals surface area contributed by atoms with Crippen LogP contribution in [0.4, 0.5) is 15.8 Å². The number of halogens is 2. The Labute approximate surface area is 197 Å². The van der Waals surface area contributed by atoms with Crippen molar-refractivity contribution >= 4 is 44.8 Å². The number of rotatable bonds is 4. The standard InChI is InChI=1S/C23H25ClFN3O4S/c1-14-11-17-12-19(4-6-22(17)28(14)15(2)29)33(31,32)27-9-7-16(8-10-27)23(30)26-18-3-5-21(25)20(24)13-18/h3-6,12-14,16H,7-11H2,1-2H3,(H,26,30). The molecule has 2 aliphatic heterocycles. The maximum absolute atomic E-state index is 13.3. The van der Waals surface area contributed by atoms with Crippen molar-refractivity contribution in [3.8, 4) is 0 Å². The van der Waals surface area contributed by atoms with E-state index in [1.54, 1.807) is 23.1 Å². The topological polar surface area (TPSA) is 86.8 Å². The number of piperidine rings is 1. The lowest BCUT2D eigenvalue weighted by atomic mass is 9.97. The van der Waals surface area contributed by atoms with Crippen LogP contribution in [0, 0.1) is 11.7 Å². The summed E-state index contributed by atoms with van der Waals surface area (Å²) < 4.78 is 41.1. The minimum absolute atomic E-state index is 0.0132. The van der Waals surface area contributed by atoms with Crippen molar-refractivity contribution < 1.29 is 22.4 Å². The van der Waals surface area contributed by atoms with Crippen LogP contribution < -0.4 is 10.2 Å². The third-order valence-electron chi connectivity index (χ3n) is 6.26. The Hall–Kier alpha value is -2.49. The van der Waals surface area contributed by atoms with Crippen LogP contribution in [0.1, 0.15) is 32.3 Å². The van der Waals surface area contributed by atoms with Gasteiger partial charge in [0, 0.05) is 43.3 Å². The molecule has 7 nitrogen and oxygen atoms in total. The van der Waals surface area contributed by atoms with E-state index in [2.05, 4.69) is 5.32 Å². The minimum Gasteiger partial charge on any atom is -0.326 e. The average Bonchev–Trinajstić information content (AvgIpc) is 3.11. The summed E-state index contributed by atoms with van der Waals surface area (Å²) in [5.74, 6) is -1.24. The molecule has 0 aliphatic carbocycles. The lowest BCUT2D eigenvalue weighted by Crippen LogP contribution is -2.41. The van der Waals surface area contributed by atoms with Gasteiger partial charge in [0.2, 0.25) is 21.8 Å². The molecule has 10 heteroatoms. The fourth-order valence-electron chi connectivity index (χ4n) is 4.57. The molecule has 1 saturated heterocycles. The number of sulfonamides is 1. The van der Waals surface area contributed by atoms with Gasteiger partial charge < -0.3 is 10.2 Å². The van der Waals surface area contributed by atoms with Gasteiger partial charge in [-0.2, -0.15) is 4.31 Å². The zero-order valence-electron chi connectivity index (χ0n) is 18.3. The first-order valence-corrected chi connectivity index (χ1v) is 12.6. The van der Waals surface area contributed by atoms with E-state index in [1.807, 2.05) is 6.92 Å². The van der Waals surface area contributed by atoms with Gasteiger partial charge in [0.05, 0.1) is 9.92 Å². The van der Waals surface area contributed by atoms with Gasteiger partial charge >= 0.3 is 0 Å². The van der Waals surface area contributed by atoms with Crippen LogP contribution in [-0.4, -0.2) is 43.7 Å². The van der Waals surface area contributed by atoms with Crippen molar-refractivity contribution in [1.82, 2.24) is 4.31 Å². The smallest absolute Gasteiger partial charge is 0.243 e. The molecule has 2 heterocycles.